The normalized spacial score (nSPS) is 15.1. The number of aromatic amines is 1. The first-order valence-corrected chi connectivity index (χ1v) is 11.3. The van der Waals surface area contributed by atoms with Crippen LogP contribution in [0, 0.1) is 0 Å². The molecular weight excluding hydrogens is 418 g/mol. The maximum Gasteiger partial charge on any atom is 0.355 e. The Hall–Kier alpha value is -3.54. The van der Waals surface area contributed by atoms with E-state index in [1.54, 1.807) is 14.0 Å². The molecule has 172 valence electrons. The lowest BCUT2D eigenvalue weighted by molar-refractivity contribution is 0.0519. The van der Waals surface area contributed by atoms with Gasteiger partial charge in [-0.3, -0.25) is 4.79 Å². The number of benzene rings is 2. The number of ketones is 1. The summed E-state index contributed by atoms with van der Waals surface area (Å²) in [4.78, 5) is 29.4. The number of hydrogen-bond donors (Lipinski definition) is 1. The van der Waals surface area contributed by atoms with Crippen LogP contribution < -0.4 is 9.47 Å². The standard InChI is InChI=1S/C27H29NO5/c1-4-32-20-12-10-17(11-13-20)19-15-22-25(23(29)16-19)21(26(28-22)27(30)33-5-2)14-18-8-6-7-9-24(18)31-3/h6-13,19,28H,4-5,14-16H2,1-3H3/t19-/m1/s1. The first kappa shape index (κ1) is 22.6. The summed E-state index contributed by atoms with van der Waals surface area (Å²) in [7, 11) is 1.62. The Bertz CT molecular complexity index is 1150. The molecule has 1 atom stereocenters. The molecule has 0 spiro atoms. The number of aromatic nitrogens is 1. The van der Waals surface area contributed by atoms with Gasteiger partial charge in [-0.2, -0.15) is 0 Å². The fourth-order valence-electron chi connectivity index (χ4n) is 4.56. The van der Waals surface area contributed by atoms with Crippen LogP contribution in [-0.2, 0) is 17.6 Å². The molecule has 0 unspecified atom stereocenters. The lowest BCUT2D eigenvalue weighted by Crippen LogP contribution is -2.19. The zero-order valence-corrected chi connectivity index (χ0v) is 19.3. The van der Waals surface area contributed by atoms with Crippen molar-refractivity contribution in [3.05, 3.63) is 82.2 Å². The molecule has 6 heteroatoms. The van der Waals surface area contributed by atoms with Crippen molar-refractivity contribution >= 4 is 11.8 Å². The second-order valence-corrected chi connectivity index (χ2v) is 8.07. The minimum Gasteiger partial charge on any atom is -0.496 e. The molecule has 0 fully saturated rings. The lowest BCUT2D eigenvalue weighted by atomic mass is 9.80. The first-order valence-electron chi connectivity index (χ1n) is 11.3. The number of carbonyl (C=O) groups is 2. The van der Waals surface area contributed by atoms with Gasteiger partial charge in [-0.05, 0) is 55.5 Å². The van der Waals surface area contributed by atoms with Gasteiger partial charge in [-0.15, -0.1) is 0 Å². The van der Waals surface area contributed by atoms with Gasteiger partial charge in [0.15, 0.2) is 5.78 Å². The van der Waals surface area contributed by atoms with Crippen molar-refractivity contribution in [3.63, 3.8) is 0 Å². The molecule has 1 heterocycles. The molecule has 0 aliphatic heterocycles. The van der Waals surface area contributed by atoms with Crippen molar-refractivity contribution in [2.45, 2.75) is 39.0 Å². The van der Waals surface area contributed by atoms with Crippen LogP contribution in [0.1, 0.15) is 69.4 Å². The molecule has 4 rings (SSSR count). The predicted octanol–water partition coefficient (Wildman–Crippen LogP) is 5.10. The van der Waals surface area contributed by atoms with Crippen LogP contribution in [0.5, 0.6) is 11.5 Å². The molecule has 1 N–H and O–H groups in total. The van der Waals surface area contributed by atoms with E-state index in [9.17, 15) is 9.59 Å². The molecule has 6 nitrogen and oxygen atoms in total. The van der Waals surface area contributed by atoms with Gasteiger partial charge in [0, 0.05) is 29.7 Å². The van der Waals surface area contributed by atoms with Crippen molar-refractivity contribution in [2.24, 2.45) is 0 Å². The minimum absolute atomic E-state index is 0.0341. The number of para-hydroxylation sites is 1. The third-order valence-corrected chi connectivity index (χ3v) is 6.04. The Morgan fingerprint density at radius 3 is 2.48 bits per heavy atom. The smallest absolute Gasteiger partial charge is 0.355 e. The van der Waals surface area contributed by atoms with Crippen LogP contribution in [0.25, 0.3) is 0 Å². The molecule has 3 aromatic rings. The summed E-state index contributed by atoms with van der Waals surface area (Å²) in [6, 6.07) is 15.5. The molecule has 1 aliphatic rings. The number of methoxy groups -OCH3 is 1. The average molecular weight is 448 g/mol. The molecule has 0 amide bonds. The molecule has 1 aromatic heterocycles. The Morgan fingerprint density at radius 1 is 1.03 bits per heavy atom. The van der Waals surface area contributed by atoms with E-state index in [1.165, 1.54) is 0 Å². The highest BCUT2D eigenvalue weighted by Crippen LogP contribution is 2.37. The third kappa shape index (κ3) is 4.65. The maximum absolute atomic E-state index is 13.4. The number of hydrogen-bond acceptors (Lipinski definition) is 5. The van der Waals surface area contributed by atoms with Crippen LogP contribution in [0.4, 0.5) is 0 Å². The zero-order chi connectivity index (χ0) is 23.4. The average Bonchev–Trinajstić information content (AvgIpc) is 3.19. The molecule has 33 heavy (non-hydrogen) atoms. The van der Waals surface area contributed by atoms with E-state index >= 15 is 0 Å². The summed E-state index contributed by atoms with van der Waals surface area (Å²) in [5.41, 5.74) is 4.44. The number of rotatable bonds is 8. The van der Waals surface area contributed by atoms with E-state index in [-0.39, 0.29) is 18.3 Å². The molecular formula is C27H29NO5. The van der Waals surface area contributed by atoms with Crippen LogP contribution in [-0.4, -0.2) is 37.1 Å². The van der Waals surface area contributed by atoms with Gasteiger partial charge in [-0.1, -0.05) is 30.3 Å². The van der Waals surface area contributed by atoms with E-state index in [2.05, 4.69) is 4.98 Å². The first-order chi connectivity index (χ1) is 16.0. The summed E-state index contributed by atoms with van der Waals surface area (Å²) in [5.74, 6) is 1.16. The van der Waals surface area contributed by atoms with E-state index < -0.39 is 5.97 Å². The second kappa shape index (κ2) is 9.94. The number of Topliss-reactive ketones (excluding diaryl/α,β-unsaturated/α-hetero) is 1. The Labute approximate surface area is 193 Å². The molecule has 0 saturated heterocycles. The fraction of sp³-hybridized carbons (Fsp3) is 0.333. The van der Waals surface area contributed by atoms with Crippen molar-refractivity contribution in [3.8, 4) is 11.5 Å². The number of nitrogens with one attached hydrogen (secondary N) is 1. The summed E-state index contributed by atoms with van der Waals surface area (Å²) in [6.45, 7) is 4.59. The van der Waals surface area contributed by atoms with Crippen molar-refractivity contribution in [1.82, 2.24) is 4.98 Å². The molecule has 0 saturated carbocycles. The lowest BCUT2D eigenvalue weighted by Gasteiger charge is -2.22. The van der Waals surface area contributed by atoms with Gasteiger partial charge < -0.3 is 19.2 Å². The fourth-order valence-corrected chi connectivity index (χ4v) is 4.56. The molecule has 2 aromatic carbocycles. The Morgan fingerprint density at radius 2 is 1.79 bits per heavy atom. The van der Waals surface area contributed by atoms with E-state index in [1.807, 2.05) is 55.5 Å². The van der Waals surface area contributed by atoms with Crippen molar-refractivity contribution in [2.75, 3.05) is 20.3 Å². The SMILES string of the molecule is CCOC(=O)c1[nH]c2c(c1Cc1ccccc1OC)C(=O)C[C@H](c1ccc(OCC)cc1)C2. The molecule has 0 bridgehead atoms. The third-order valence-electron chi connectivity index (χ3n) is 6.04. The van der Waals surface area contributed by atoms with E-state index in [0.29, 0.717) is 42.7 Å². The van der Waals surface area contributed by atoms with E-state index in [4.69, 9.17) is 14.2 Å². The van der Waals surface area contributed by atoms with Gasteiger partial charge in [0.25, 0.3) is 0 Å². The van der Waals surface area contributed by atoms with Gasteiger partial charge >= 0.3 is 5.97 Å². The monoisotopic (exact) mass is 447 g/mol. The zero-order valence-electron chi connectivity index (χ0n) is 19.3. The summed E-state index contributed by atoms with van der Waals surface area (Å²) >= 11 is 0. The summed E-state index contributed by atoms with van der Waals surface area (Å²) in [6.07, 6.45) is 1.44. The molecule has 1 aliphatic carbocycles. The number of carbonyl (C=O) groups excluding carboxylic acids is 2. The van der Waals surface area contributed by atoms with Gasteiger partial charge in [0.05, 0.1) is 20.3 Å². The summed E-state index contributed by atoms with van der Waals surface area (Å²) in [5, 5.41) is 0. The Balaban J connectivity index is 1.71. The maximum atomic E-state index is 13.4. The van der Waals surface area contributed by atoms with Crippen LogP contribution >= 0.6 is 0 Å². The van der Waals surface area contributed by atoms with Crippen LogP contribution in [0.2, 0.25) is 0 Å². The minimum atomic E-state index is -0.442. The number of ether oxygens (including phenoxy) is 3. The van der Waals surface area contributed by atoms with Gasteiger partial charge in [0.2, 0.25) is 0 Å². The largest absolute Gasteiger partial charge is 0.496 e. The van der Waals surface area contributed by atoms with Gasteiger partial charge in [-0.25, -0.2) is 4.79 Å². The molecule has 0 radical (unpaired) electrons. The highest BCUT2D eigenvalue weighted by molar-refractivity contribution is 6.04. The van der Waals surface area contributed by atoms with Crippen molar-refractivity contribution < 1.29 is 23.8 Å². The van der Waals surface area contributed by atoms with Gasteiger partial charge in [0.1, 0.15) is 17.2 Å². The number of fused-ring (bicyclic) bond motifs is 1. The topological polar surface area (TPSA) is 77.6 Å². The van der Waals surface area contributed by atoms with Crippen LogP contribution in [0.15, 0.2) is 48.5 Å². The second-order valence-electron chi connectivity index (χ2n) is 8.07. The van der Waals surface area contributed by atoms with E-state index in [0.717, 1.165) is 28.3 Å². The highest BCUT2D eigenvalue weighted by Gasteiger charge is 2.34. The quantitative estimate of drug-likeness (QED) is 0.486. The van der Waals surface area contributed by atoms with Crippen LogP contribution in [0.3, 0.4) is 0 Å². The number of H-pyrrole nitrogens is 1. The Kier molecular flexibility index (Phi) is 6.82. The van der Waals surface area contributed by atoms with Crippen molar-refractivity contribution in [1.29, 1.82) is 0 Å². The highest BCUT2D eigenvalue weighted by atomic mass is 16.5. The summed E-state index contributed by atoms with van der Waals surface area (Å²) < 4.78 is 16.3. The predicted molar refractivity (Wildman–Crippen MR) is 126 cm³/mol. The number of esters is 1.